The van der Waals surface area contributed by atoms with Gasteiger partial charge in [-0.25, -0.2) is 0 Å². The average Bonchev–Trinajstić information content (AvgIpc) is 3.27. The lowest BCUT2D eigenvalue weighted by molar-refractivity contribution is 0.0839. The fourth-order valence-electron chi connectivity index (χ4n) is 2.95. The zero-order valence-corrected chi connectivity index (χ0v) is 15.5. The first kappa shape index (κ1) is 18.7. The lowest BCUT2D eigenvalue weighted by atomic mass is 10.3. The van der Waals surface area contributed by atoms with Gasteiger partial charge in [-0.2, -0.15) is 15.0 Å². The molecular weight excluding hydrogens is 336 g/mol. The molecule has 0 radical (unpaired) electrons. The fourth-order valence-corrected chi connectivity index (χ4v) is 2.95. The van der Waals surface area contributed by atoms with E-state index in [-0.39, 0.29) is 12.2 Å². The number of aromatic nitrogens is 4. The van der Waals surface area contributed by atoms with Crippen molar-refractivity contribution < 1.29 is 14.2 Å². The van der Waals surface area contributed by atoms with Crippen molar-refractivity contribution in [3.8, 4) is 12.0 Å². The van der Waals surface area contributed by atoms with Crippen molar-refractivity contribution in [2.24, 2.45) is 0 Å². The Labute approximate surface area is 153 Å². The van der Waals surface area contributed by atoms with E-state index in [1.807, 2.05) is 4.57 Å². The Balaban J connectivity index is 1.71. The Morgan fingerprint density at radius 2 is 2.19 bits per heavy atom. The third-order valence-electron chi connectivity index (χ3n) is 4.34. The van der Waals surface area contributed by atoms with Gasteiger partial charge in [0.15, 0.2) is 17.0 Å². The zero-order valence-electron chi connectivity index (χ0n) is 15.5. The number of rotatable bonds is 10. The number of unbranched alkanes of at least 4 members (excludes halogenated alkanes) is 1. The Morgan fingerprint density at radius 1 is 1.31 bits per heavy atom. The van der Waals surface area contributed by atoms with Crippen molar-refractivity contribution in [2.45, 2.75) is 51.8 Å². The predicted molar refractivity (Wildman–Crippen MR) is 98.3 cm³/mol. The first-order chi connectivity index (χ1) is 12.7. The van der Waals surface area contributed by atoms with Crippen molar-refractivity contribution in [3.05, 3.63) is 0 Å². The Hall–Kier alpha value is -2.13. The summed E-state index contributed by atoms with van der Waals surface area (Å²) in [6.07, 6.45) is 5.24. The lowest BCUT2D eigenvalue weighted by Gasteiger charge is -2.12. The van der Waals surface area contributed by atoms with E-state index in [0.29, 0.717) is 36.1 Å². The van der Waals surface area contributed by atoms with Gasteiger partial charge in [-0.15, -0.1) is 0 Å². The molecule has 3 heterocycles. The molecule has 9 nitrogen and oxygen atoms in total. The highest BCUT2D eigenvalue weighted by Gasteiger charge is 2.18. The summed E-state index contributed by atoms with van der Waals surface area (Å²) in [6.45, 7) is 5.05. The number of imidazole rings is 1. The van der Waals surface area contributed by atoms with E-state index in [1.165, 1.54) is 0 Å². The third-order valence-corrected chi connectivity index (χ3v) is 4.34. The Morgan fingerprint density at radius 3 is 2.92 bits per heavy atom. The molecular formula is C17H28N6O3. The summed E-state index contributed by atoms with van der Waals surface area (Å²) in [4.78, 5) is 13.1. The third kappa shape index (κ3) is 4.34. The van der Waals surface area contributed by atoms with E-state index in [0.717, 1.165) is 45.3 Å². The molecule has 26 heavy (non-hydrogen) atoms. The van der Waals surface area contributed by atoms with Crippen molar-refractivity contribution in [2.75, 3.05) is 32.6 Å². The molecule has 0 saturated carbocycles. The van der Waals surface area contributed by atoms with Crippen LogP contribution in [-0.2, 0) is 11.3 Å². The van der Waals surface area contributed by atoms with Gasteiger partial charge in [0.1, 0.15) is 6.23 Å². The molecule has 0 bridgehead atoms. The second-order valence-electron chi connectivity index (χ2n) is 6.33. The number of ether oxygens (including phenoxy) is 3. The molecule has 9 heteroatoms. The van der Waals surface area contributed by atoms with Crippen LogP contribution in [0.15, 0.2) is 0 Å². The molecule has 0 aromatic carbocycles. The second kappa shape index (κ2) is 9.00. The molecule has 0 aliphatic carbocycles. The minimum absolute atomic E-state index is 0.174. The van der Waals surface area contributed by atoms with Gasteiger partial charge in [0.25, 0.3) is 6.01 Å². The van der Waals surface area contributed by atoms with Crippen LogP contribution in [0.1, 0.15) is 39.0 Å². The molecule has 0 amide bonds. The van der Waals surface area contributed by atoms with E-state index < -0.39 is 0 Å². The van der Waals surface area contributed by atoms with Crippen LogP contribution in [0, 0.1) is 0 Å². The number of fused-ring (bicyclic) bond motifs is 1. The highest BCUT2D eigenvalue weighted by Crippen LogP contribution is 2.25. The summed E-state index contributed by atoms with van der Waals surface area (Å²) in [6, 6.07) is 0.758. The van der Waals surface area contributed by atoms with Crippen molar-refractivity contribution in [1.82, 2.24) is 24.8 Å². The van der Waals surface area contributed by atoms with E-state index in [4.69, 9.17) is 19.9 Å². The molecule has 0 spiro atoms. The van der Waals surface area contributed by atoms with Crippen LogP contribution >= 0.6 is 0 Å². The van der Waals surface area contributed by atoms with E-state index in [9.17, 15) is 0 Å². The topological polar surface area (TPSA) is 109 Å². The van der Waals surface area contributed by atoms with Crippen LogP contribution in [-0.4, -0.2) is 52.6 Å². The van der Waals surface area contributed by atoms with Gasteiger partial charge in [0.2, 0.25) is 0 Å². The van der Waals surface area contributed by atoms with Gasteiger partial charge in [0, 0.05) is 13.2 Å². The highest BCUT2D eigenvalue weighted by atomic mass is 16.5. The van der Waals surface area contributed by atoms with Crippen LogP contribution in [0.3, 0.4) is 0 Å². The van der Waals surface area contributed by atoms with Crippen LogP contribution in [0.25, 0.3) is 11.2 Å². The number of aryl methyl sites for hydroxylation is 1. The van der Waals surface area contributed by atoms with Gasteiger partial charge in [-0.05, 0) is 32.2 Å². The monoisotopic (exact) mass is 364 g/mol. The quantitative estimate of drug-likeness (QED) is 0.613. The molecule has 144 valence electrons. The standard InChI is InChI=1S/C17H28N6O3/c1-3-4-10-26-16-21-14(18)13-15(22-16)23(17(20-13)24-2)9-6-8-19-12-7-5-11-25-12/h12,19H,3-11H2,1-2H3,(H2,18,21,22)/t12-/m0/s1. The number of hydrogen-bond acceptors (Lipinski definition) is 8. The average molecular weight is 364 g/mol. The molecule has 3 rings (SSSR count). The summed E-state index contributed by atoms with van der Waals surface area (Å²) in [5.41, 5.74) is 7.22. The van der Waals surface area contributed by atoms with Crippen molar-refractivity contribution in [1.29, 1.82) is 0 Å². The Kier molecular flexibility index (Phi) is 6.45. The maximum absolute atomic E-state index is 6.04. The maximum Gasteiger partial charge on any atom is 0.320 e. The number of hydrogen-bond donors (Lipinski definition) is 2. The van der Waals surface area contributed by atoms with Gasteiger partial charge in [-0.3, -0.25) is 9.88 Å². The van der Waals surface area contributed by atoms with Gasteiger partial charge in [-0.1, -0.05) is 13.3 Å². The first-order valence-electron chi connectivity index (χ1n) is 9.28. The predicted octanol–water partition coefficient (Wildman–Crippen LogP) is 1.71. The number of nitrogens with zero attached hydrogens (tertiary/aromatic N) is 4. The van der Waals surface area contributed by atoms with Gasteiger partial charge >= 0.3 is 6.01 Å². The van der Waals surface area contributed by atoms with E-state index in [2.05, 4.69) is 27.2 Å². The molecule has 1 aliphatic heterocycles. The largest absolute Gasteiger partial charge is 0.468 e. The van der Waals surface area contributed by atoms with Crippen LogP contribution in [0.4, 0.5) is 5.82 Å². The highest BCUT2D eigenvalue weighted by molar-refractivity contribution is 5.83. The SMILES string of the molecule is CCCCOc1nc(N)c2nc(OC)n(CCCN[C@@H]3CCCO3)c2n1. The zero-order chi connectivity index (χ0) is 18.4. The summed E-state index contributed by atoms with van der Waals surface area (Å²) in [5, 5.41) is 3.41. The van der Waals surface area contributed by atoms with Gasteiger partial charge < -0.3 is 19.9 Å². The molecule has 2 aromatic rings. The number of nitrogens with one attached hydrogen (secondary N) is 1. The van der Waals surface area contributed by atoms with E-state index >= 15 is 0 Å². The summed E-state index contributed by atoms with van der Waals surface area (Å²) < 4.78 is 18.5. The van der Waals surface area contributed by atoms with Crippen LogP contribution < -0.4 is 20.5 Å². The minimum atomic E-state index is 0.174. The van der Waals surface area contributed by atoms with Crippen LogP contribution in [0.2, 0.25) is 0 Å². The number of methoxy groups -OCH3 is 1. The summed E-state index contributed by atoms with van der Waals surface area (Å²) in [7, 11) is 1.59. The second-order valence-corrected chi connectivity index (χ2v) is 6.33. The van der Waals surface area contributed by atoms with E-state index in [1.54, 1.807) is 7.11 Å². The fraction of sp³-hybridized carbons (Fsp3) is 0.706. The number of nitrogen functional groups attached to an aromatic ring is 1. The summed E-state index contributed by atoms with van der Waals surface area (Å²) >= 11 is 0. The molecule has 0 unspecified atom stereocenters. The molecule has 1 aliphatic rings. The number of anilines is 1. The lowest BCUT2D eigenvalue weighted by Crippen LogP contribution is -2.29. The summed E-state index contributed by atoms with van der Waals surface area (Å²) in [5.74, 6) is 0.302. The maximum atomic E-state index is 6.04. The smallest absolute Gasteiger partial charge is 0.320 e. The molecule has 1 saturated heterocycles. The number of nitrogens with two attached hydrogens (primary N) is 1. The molecule has 1 atom stereocenters. The molecule has 1 fully saturated rings. The normalized spacial score (nSPS) is 17.1. The Bertz CT molecular complexity index is 714. The van der Waals surface area contributed by atoms with Gasteiger partial charge in [0.05, 0.1) is 13.7 Å². The molecule has 3 N–H and O–H groups in total. The molecule has 2 aromatic heterocycles. The minimum Gasteiger partial charge on any atom is -0.468 e. The van der Waals surface area contributed by atoms with Crippen molar-refractivity contribution >= 4 is 17.0 Å². The first-order valence-corrected chi connectivity index (χ1v) is 9.28. The van der Waals surface area contributed by atoms with Crippen LogP contribution in [0.5, 0.6) is 12.0 Å². The van der Waals surface area contributed by atoms with Crippen molar-refractivity contribution in [3.63, 3.8) is 0 Å².